The molecule has 28 heavy (non-hydrogen) atoms. The van der Waals surface area contributed by atoms with Gasteiger partial charge in [-0.2, -0.15) is 5.10 Å². The van der Waals surface area contributed by atoms with Crippen molar-refractivity contribution in [2.24, 2.45) is 5.10 Å². The second-order valence-electron chi connectivity index (χ2n) is 6.09. The summed E-state index contributed by atoms with van der Waals surface area (Å²) in [5.74, 6) is 1.24. The zero-order valence-electron chi connectivity index (χ0n) is 15.3. The number of ether oxygens (including phenoxy) is 1. The predicted molar refractivity (Wildman–Crippen MR) is 116 cm³/mol. The topological polar surface area (TPSA) is 62.7 Å². The lowest BCUT2D eigenvalue weighted by Gasteiger charge is -2.13. The molecule has 3 aromatic carbocycles. The number of carbonyl (C=O) groups excluding carboxylic acids is 1. The van der Waals surface area contributed by atoms with E-state index in [0.29, 0.717) is 5.75 Å². The molecule has 0 bridgehead atoms. The number of hydrazone groups is 1. The van der Waals surface area contributed by atoms with E-state index in [0.717, 1.165) is 21.5 Å². The van der Waals surface area contributed by atoms with Crippen molar-refractivity contribution in [2.45, 2.75) is 13.0 Å². The molecule has 1 atom stereocenters. The third-order valence-electron chi connectivity index (χ3n) is 3.85. The number of nitrogens with zero attached hydrogens (tertiary/aromatic N) is 1. The van der Waals surface area contributed by atoms with Gasteiger partial charge in [0.15, 0.2) is 0 Å². The van der Waals surface area contributed by atoms with E-state index in [1.165, 1.54) is 0 Å². The fourth-order valence-corrected chi connectivity index (χ4v) is 2.68. The summed E-state index contributed by atoms with van der Waals surface area (Å²) in [6, 6.07) is 24.2. The maximum absolute atomic E-state index is 12.2. The molecule has 0 fully saturated rings. The first-order valence-electron chi connectivity index (χ1n) is 8.78. The van der Waals surface area contributed by atoms with Crippen molar-refractivity contribution in [3.8, 4) is 11.5 Å². The van der Waals surface area contributed by atoms with Crippen LogP contribution in [0.1, 0.15) is 12.5 Å². The molecule has 3 aromatic rings. The number of hydrogen-bond acceptors (Lipinski definition) is 4. The molecule has 6 heteroatoms. The monoisotopic (exact) mass is 437 g/mol. The van der Waals surface area contributed by atoms with Crippen molar-refractivity contribution in [1.29, 1.82) is 0 Å². The van der Waals surface area contributed by atoms with E-state index in [1.54, 1.807) is 13.1 Å². The maximum atomic E-state index is 12.2. The lowest BCUT2D eigenvalue weighted by molar-refractivity contribution is -0.121. The van der Waals surface area contributed by atoms with Crippen molar-refractivity contribution < 1.29 is 9.53 Å². The number of halogens is 1. The Kier molecular flexibility index (Phi) is 6.81. The molecule has 5 nitrogen and oxygen atoms in total. The van der Waals surface area contributed by atoms with E-state index in [-0.39, 0.29) is 5.91 Å². The lowest BCUT2D eigenvalue weighted by atomic mass is 10.2. The fourth-order valence-electron chi connectivity index (χ4n) is 2.41. The highest BCUT2D eigenvalue weighted by Crippen LogP contribution is 2.21. The summed E-state index contributed by atoms with van der Waals surface area (Å²) in [6.07, 6.45) is 1.59. The second kappa shape index (κ2) is 9.71. The van der Waals surface area contributed by atoms with Gasteiger partial charge in [-0.25, -0.2) is 5.43 Å². The van der Waals surface area contributed by atoms with Crippen LogP contribution in [0.4, 0.5) is 5.69 Å². The van der Waals surface area contributed by atoms with E-state index >= 15 is 0 Å². The normalized spacial score (nSPS) is 11.8. The number of hydrogen-bond donors (Lipinski definition) is 2. The Morgan fingerprint density at radius 1 is 1.00 bits per heavy atom. The Balaban J connectivity index is 1.54. The molecular weight excluding hydrogens is 418 g/mol. The molecule has 2 N–H and O–H groups in total. The van der Waals surface area contributed by atoms with Gasteiger partial charge in [0.25, 0.3) is 5.91 Å². The highest BCUT2D eigenvalue weighted by atomic mass is 79.9. The van der Waals surface area contributed by atoms with Gasteiger partial charge in [0, 0.05) is 10.2 Å². The van der Waals surface area contributed by atoms with Crippen LogP contribution in [-0.4, -0.2) is 18.2 Å². The summed E-state index contributed by atoms with van der Waals surface area (Å²) in [6.45, 7) is 1.78. The summed E-state index contributed by atoms with van der Waals surface area (Å²) in [5, 5.41) is 7.17. The molecule has 0 aliphatic rings. The molecule has 1 unspecified atom stereocenters. The van der Waals surface area contributed by atoms with E-state index in [4.69, 9.17) is 4.74 Å². The summed E-state index contributed by atoms with van der Waals surface area (Å²) in [7, 11) is 0. The van der Waals surface area contributed by atoms with E-state index in [2.05, 4.69) is 31.8 Å². The molecular formula is C22H20BrN3O2. The average Bonchev–Trinajstić information content (AvgIpc) is 2.71. The number of amides is 1. The number of rotatable bonds is 7. The van der Waals surface area contributed by atoms with Crippen LogP contribution in [0.2, 0.25) is 0 Å². The van der Waals surface area contributed by atoms with E-state index < -0.39 is 6.04 Å². The summed E-state index contributed by atoms with van der Waals surface area (Å²) in [4.78, 5) is 12.2. The Hall–Kier alpha value is -3.12. The minimum Gasteiger partial charge on any atom is -0.457 e. The third kappa shape index (κ3) is 5.96. The van der Waals surface area contributed by atoms with Crippen LogP contribution < -0.4 is 15.5 Å². The Bertz CT molecular complexity index is 944. The quantitative estimate of drug-likeness (QED) is 0.394. The van der Waals surface area contributed by atoms with Crippen molar-refractivity contribution in [2.75, 3.05) is 5.32 Å². The van der Waals surface area contributed by atoms with Crippen LogP contribution in [0, 0.1) is 0 Å². The van der Waals surface area contributed by atoms with Gasteiger partial charge < -0.3 is 10.1 Å². The summed E-state index contributed by atoms with van der Waals surface area (Å²) in [5.41, 5.74) is 4.23. The van der Waals surface area contributed by atoms with Crippen LogP contribution in [0.5, 0.6) is 11.5 Å². The number of nitrogens with one attached hydrogen (secondary N) is 2. The molecule has 0 aliphatic carbocycles. The van der Waals surface area contributed by atoms with Gasteiger partial charge in [0.05, 0.1) is 6.21 Å². The van der Waals surface area contributed by atoms with Crippen LogP contribution in [0.25, 0.3) is 0 Å². The summed E-state index contributed by atoms with van der Waals surface area (Å²) < 4.78 is 6.78. The van der Waals surface area contributed by atoms with Gasteiger partial charge in [-0.15, -0.1) is 0 Å². The van der Waals surface area contributed by atoms with Crippen molar-refractivity contribution in [1.82, 2.24) is 5.43 Å². The molecule has 0 spiro atoms. The molecule has 3 rings (SSSR count). The largest absolute Gasteiger partial charge is 0.457 e. The van der Waals surface area contributed by atoms with Crippen LogP contribution in [-0.2, 0) is 4.79 Å². The van der Waals surface area contributed by atoms with Crippen molar-refractivity contribution in [3.63, 3.8) is 0 Å². The Morgan fingerprint density at radius 3 is 2.46 bits per heavy atom. The van der Waals surface area contributed by atoms with Gasteiger partial charge in [0.1, 0.15) is 17.5 Å². The van der Waals surface area contributed by atoms with Crippen molar-refractivity contribution in [3.05, 3.63) is 88.9 Å². The first-order chi connectivity index (χ1) is 13.6. The predicted octanol–water partition coefficient (Wildman–Crippen LogP) is 5.19. The first-order valence-corrected chi connectivity index (χ1v) is 9.57. The fraction of sp³-hybridized carbons (Fsp3) is 0.0909. The Labute approximate surface area is 172 Å². The standard InChI is InChI=1S/C22H20BrN3O2/c1-16(25-19-12-10-18(23)11-13-19)22(27)26-24-15-17-6-5-9-21(14-17)28-20-7-3-2-4-8-20/h2-16,25H,1H3,(H,26,27). The highest BCUT2D eigenvalue weighted by molar-refractivity contribution is 9.10. The minimum absolute atomic E-state index is 0.226. The maximum Gasteiger partial charge on any atom is 0.262 e. The lowest BCUT2D eigenvalue weighted by Crippen LogP contribution is -2.34. The van der Waals surface area contributed by atoms with Crippen LogP contribution >= 0.6 is 15.9 Å². The number of benzene rings is 3. The van der Waals surface area contributed by atoms with Gasteiger partial charge in [0.2, 0.25) is 0 Å². The van der Waals surface area contributed by atoms with Crippen molar-refractivity contribution >= 4 is 33.7 Å². The molecule has 0 aromatic heterocycles. The SMILES string of the molecule is CC(Nc1ccc(Br)cc1)C(=O)NN=Cc1cccc(Oc2ccccc2)c1. The highest BCUT2D eigenvalue weighted by Gasteiger charge is 2.11. The molecule has 0 saturated carbocycles. The van der Waals surface area contributed by atoms with Crippen LogP contribution in [0.15, 0.2) is 88.4 Å². The van der Waals surface area contributed by atoms with E-state index in [1.807, 2.05) is 78.9 Å². The number of para-hydroxylation sites is 1. The zero-order valence-corrected chi connectivity index (χ0v) is 16.9. The second-order valence-corrected chi connectivity index (χ2v) is 7.01. The summed E-state index contributed by atoms with van der Waals surface area (Å²) >= 11 is 3.39. The number of anilines is 1. The minimum atomic E-state index is -0.425. The van der Waals surface area contributed by atoms with Gasteiger partial charge in [-0.1, -0.05) is 46.3 Å². The third-order valence-corrected chi connectivity index (χ3v) is 4.37. The average molecular weight is 438 g/mol. The molecule has 0 radical (unpaired) electrons. The molecule has 0 saturated heterocycles. The van der Waals surface area contributed by atoms with Crippen LogP contribution in [0.3, 0.4) is 0 Å². The molecule has 0 aliphatic heterocycles. The Morgan fingerprint density at radius 2 is 1.71 bits per heavy atom. The molecule has 1 amide bonds. The zero-order chi connectivity index (χ0) is 19.8. The van der Waals surface area contributed by atoms with Gasteiger partial charge in [-0.05, 0) is 61.0 Å². The molecule has 142 valence electrons. The van der Waals surface area contributed by atoms with Gasteiger partial charge in [-0.3, -0.25) is 4.79 Å². The number of carbonyl (C=O) groups is 1. The van der Waals surface area contributed by atoms with Gasteiger partial charge >= 0.3 is 0 Å². The smallest absolute Gasteiger partial charge is 0.262 e. The molecule has 0 heterocycles. The van der Waals surface area contributed by atoms with E-state index in [9.17, 15) is 4.79 Å². The first kappa shape index (κ1) is 19.6.